The van der Waals surface area contributed by atoms with Crippen molar-refractivity contribution in [1.82, 2.24) is 4.98 Å². The number of fused-ring (bicyclic) bond motifs is 1. The molecule has 0 bridgehead atoms. The van der Waals surface area contributed by atoms with E-state index in [0.717, 1.165) is 16.3 Å². The lowest BCUT2D eigenvalue weighted by atomic mass is 9.65. The molecule has 0 spiro atoms. The molecule has 2 atom stereocenters. The predicted octanol–water partition coefficient (Wildman–Crippen LogP) is 5.21. The van der Waals surface area contributed by atoms with Crippen molar-refractivity contribution >= 4 is 16.7 Å². The summed E-state index contributed by atoms with van der Waals surface area (Å²) in [5.74, 6) is -1.43. The Labute approximate surface area is 186 Å². The first-order valence-corrected chi connectivity index (χ1v) is 10.2. The maximum Gasteiger partial charge on any atom is 0.325 e. The first kappa shape index (κ1) is 21.1. The number of ether oxygens (including phenoxy) is 1. The van der Waals surface area contributed by atoms with Crippen molar-refractivity contribution < 1.29 is 14.6 Å². The van der Waals surface area contributed by atoms with Crippen molar-refractivity contribution in [1.29, 1.82) is 5.26 Å². The van der Waals surface area contributed by atoms with Crippen molar-refractivity contribution in [3.63, 3.8) is 0 Å². The fourth-order valence-corrected chi connectivity index (χ4v) is 4.38. The number of methoxy groups -OCH3 is 1. The number of benzene rings is 3. The van der Waals surface area contributed by atoms with Crippen molar-refractivity contribution in [2.45, 2.75) is 12.3 Å². The fraction of sp³-hybridized carbons (Fsp3) is 0.148. The quantitative estimate of drug-likeness (QED) is 0.442. The molecule has 5 heteroatoms. The number of carboxylic acids is 1. The number of pyridine rings is 1. The monoisotopic (exact) mass is 422 g/mol. The van der Waals surface area contributed by atoms with E-state index in [1.807, 2.05) is 60.7 Å². The third kappa shape index (κ3) is 3.67. The van der Waals surface area contributed by atoms with Crippen LogP contribution in [0.3, 0.4) is 0 Å². The zero-order valence-electron chi connectivity index (χ0n) is 17.6. The van der Waals surface area contributed by atoms with E-state index < -0.39 is 17.3 Å². The van der Waals surface area contributed by atoms with Gasteiger partial charge in [0, 0.05) is 30.3 Å². The van der Waals surface area contributed by atoms with Crippen LogP contribution < -0.4 is 4.74 Å². The van der Waals surface area contributed by atoms with E-state index in [0.29, 0.717) is 16.9 Å². The molecule has 1 N–H and O–H groups in total. The van der Waals surface area contributed by atoms with E-state index in [1.165, 1.54) is 0 Å². The van der Waals surface area contributed by atoms with Crippen LogP contribution in [0, 0.1) is 16.7 Å². The maximum atomic E-state index is 12.9. The predicted molar refractivity (Wildman–Crippen MR) is 122 cm³/mol. The van der Waals surface area contributed by atoms with Crippen LogP contribution >= 0.6 is 0 Å². The number of hydrogen-bond acceptors (Lipinski definition) is 4. The third-order valence-corrected chi connectivity index (χ3v) is 5.86. The maximum absolute atomic E-state index is 12.9. The number of aromatic nitrogens is 1. The summed E-state index contributed by atoms with van der Waals surface area (Å²) in [5, 5.41) is 22.9. The van der Waals surface area contributed by atoms with E-state index in [2.05, 4.69) is 11.1 Å². The lowest BCUT2D eigenvalue weighted by Gasteiger charge is -2.34. The number of aliphatic carboxylic acids is 1. The molecule has 5 nitrogen and oxygen atoms in total. The smallest absolute Gasteiger partial charge is 0.325 e. The summed E-state index contributed by atoms with van der Waals surface area (Å²) < 4.78 is 5.61. The molecule has 1 aromatic heterocycles. The first-order chi connectivity index (χ1) is 15.6. The molecule has 3 aromatic carbocycles. The van der Waals surface area contributed by atoms with Crippen LogP contribution in [0.25, 0.3) is 10.8 Å². The molecule has 0 fully saturated rings. The van der Waals surface area contributed by atoms with Gasteiger partial charge in [0.05, 0.1) is 13.2 Å². The minimum Gasteiger partial charge on any atom is -0.496 e. The number of rotatable bonds is 7. The second kappa shape index (κ2) is 8.91. The highest BCUT2D eigenvalue weighted by atomic mass is 16.5. The number of carbonyl (C=O) groups is 1. The van der Waals surface area contributed by atoms with Crippen molar-refractivity contribution in [3.05, 3.63) is 108 Å². The van der Waals surface area contributed by atoms with Gasteiger partial charge in [-0.05, 0) is 34.0 Å². The second-order valence-electron chi connectivity index (χ2n) is 7.67. The van der Waals surface area contributed by atoms with Gasteiger partial charge in [-0.15, -0.1) is 0 Å². The minimum absolute atomic E-state index is 0.00138. The van der Waals surface area contributed by atoms with Gasteiger partial charge in [0.25, 0.3) is 0 Å². The molecule has 0 aliphatic carbocycles. The Kier molecular flexibility index (Phi) is 5.87. The topological polar surface area (TPSA) is 83.2 Å². The van der Waals surface area contributed by atoms with Crippen LogP contribution in [0.5, 0.6) is 5.75 Å². The summed E-state index contributed by atoms with van der Waals surface area (Å²) in [4.78, 5) is 17.0. The van der Waals surface area contributed by atoms with E-state index in [9.17, 15) is 15.2 Å². The Morgan fingerprint density at radius 2 is 1.75 bits per heavy atom. The molecule has 0 amide bonds. The Balaban J connectivity index is 2.06. The normalized spacial score (nSPS) is 13.6. The zero-order chi connectivity index (χ0) is 22.6. The van der Waals surface area contributed by atoms with Gasteiger partial charge in [-0.3, -0.25) is 9.78 Å². The molecule has 0 aliphatic rings. The lowest BCUT2D eigenvalue weighted by molar-refractivity contribution is -0.146. The molecule has 0 radical (unpaired) electrons. The first-order valence-electron chi connectivity index (χ1n) is 10.2. The summed E-state index contributed by atoms with van der Waals surface area (Å²) in [5.41, 5.74) is 0.304. The average Bonchev–Trinajstić information content (AvgIpc) is 2.84. The van der Waals surface area contributed by atoms with Gasteiger partial charge in [0.1, 0.15) is 5.75 Å². The molecule has 0 aliphatic heterocycles. The molecule has 4 aromatic rings. The lowest BCUT2D eigenvalue weighted by Crippen LogP contribution is -2.39. The minimum atomic E-state index is -1.79. The zero-order valence-corrected chi connectivity index (χ0v) is 17.6. The van der Waals surface area contributed by atoms with Gasteiger partial charge in [0.2, 0.25) is 0 Å². The van der Waals surface area contributed by atoms with Gasteiger partial charge in [-0.25, -0.2) is 0 Å². The van der Waals surface area contributed by atoms with Crippen LogP contribution in [-0.4, -0.2) is 23.2 Å². The Hall–Kier alpha value is -4.17. The number of nitriles is 1. The van der Waals surface area contributed by atoms with Gasteiger partial charge < -0.3 is 9.84 Å². The van der Waals surface area contributed by atoms with E-state index in [-0.39, 0.29) is 6.42 Å². The Bertz CT molecular complexity index is 1290. The third-order valence-electron chi connectivity index (χ3n) is 5.86. The largest absolute Gasteiger partial charge is 0.496 e. The Morgan fingerprint density at radius 1 is 1.03 bits per heavy atom. The number of carboxylic acid groups (broad SMARTS) is 1. The summed E-state index contributed by atoms with van der Waals surface area (Å²) in [7, 11) is 1.55. The SMILES string of the molecule is COc1ccccc1[C@H](c1cccc2ccccc12)[C@](C#N)(Cc1cccnc1)C(=O)O. The summed E-state index contributed by atoms with van der Waals surface area (Å²) in [6.45, 7) is 0. The highest BCUT2D eigenvalue weighted by molar-refractivity contribution is 5.89. The molecule has 0 saturated carbocycles. The molecular weight excluding hydrogens is 400 g/mol. The van der Waals surface area contributed by atoms with Crippen molar-refractivity contribution in [2.75, 3.05) is 7.11 Å². The van der Waals surface area contributed by atoms with Crippen LogP contribution in [-0.2, 0) is 11.2 Å². The van der Waals surface area contributed by atoms with Crippen LogP contribution in [0.4, 0.5) is 0 Å². The van der Waals surface area contributed by atoms with Crippen LogP contribution in [0.15, 0.2) is 91.3 Å². The Morgan fingerprint density at radius 3 is 2.47 bits per heavy atom. The van der Waals surface area contributed by atoms with Crippen LogP contribution in [0.1, 0.15) is 22.6 Å². The van der Waals surface area contributed by atoms with Gasteiger partial charge in [0.15, 0.2) is 5.41 Å². The van der Waals surface area contributed by atoms with Gasteiger partial charge in [-0.2, -0.15) is 5.26 Å². The number of para-hydroxylation sites is 1. The summed E-state index contributed by atoms with van der Waals surface area (Å²) >= 11 is 0. The highest BCUT2D eigenvalue weighted by Gasteiger charge is 2.49. The second-order valence-corrected chi connectivity index (χ2v) is 7.67. The van der Waals surface area contributed by atoms with Crippen molar-refractivity contribution in [3.8, 4) is 11.8 Å². The molecule has 1 heterocycles. The van der Waals surface area contributed by atoms with Crippen LogP contribution in [0.2, 0.25) is 0 Å². The fourth-order valence-electron chi connectivity index (χ4n) is 4.38. The van der Waals surface area contributed by atoms with E-state index in [4.69, 9.17) is 4.74 Å². The highest BCUT2D eigenvalue weighted by Crippen LogP contribution is 2.48. The molecule has 0 unspecified atom stereocenters. The molecule has 32 heavy (non-hydrogen) atoms. The van der Waals surface area contributed by atoms with Crippen molar-refractivity contribution in [2.24, 2.45) is 5.41 Å². The molecular formula is C27H22N2O3. The van der Waals surface area contributed by atoms with Gasteiger partial charge >= 0.3 is 5.97 Å². The molecule has 0 saturated heterocycles. The number of hydrogen-bond donors (Lipinski definition) is 1. The number of nitrogens with zero attached hydrogens (tertiary/aromatic N) is 2. The summed E-state index contributed by atoms with van der Waals surface area (Å²) in [6, 6.07) is 26.6. The standard InChI is InChI=1S/C27H22N2O3/c1-32-24-14-5-4-12-23(24)25(22-13-6-10-20-9-2-3-11-21(20)22)27(18-28,26(30)31)16-19-8-7-15-29-17-19/h2-15,17,25H,16H2,1H3,(H,30,31)/t25-,27+/m0/s1. The summed E-state index contributed by atoms with van der Waals surface area (Å²) in [6.07, 6.45) is 3.23. The average molecular weight is 422 g/mol. The molecule has 4 rings (SSSR count). The molecule has 158 valence electrons. The van der Waals surface area contributed by atoms with E-state index in [1.54, 1.807) is 37.7 Å². The van der Waals surface area contributed by atoms with E-state index >= 15 is 0 Å². The van der Waals surface area contributed by atoms with Gasteiger partial charge in [-0.1, -0.05) is 66.7 Å².